The van der Waals surface area contributed by atoms with Gasteiger partial charge in [0, 0.05) is 50.2 Å². The Balaban J connectivity index is 1.41. The van der Waals surface area contributed by atoms with Gasteiger partial charge >= 0.3 is 0 Å². The predicted molar refractivity (Wildman–Crippen MR) is 109 cm³/mol. The van der Waals surface area contributed by atoms with Crippen LogP contribution in [0.25, 0.3) is 11.3 Å². The first-order chi connectivity index (χ1) is 13.2. The van der Waals surface area contributed by atoms with Gasteiger partial charge in [-0.1, -0.05) is 19.8 Å². The van der Waals surface area contributed by atoms with Crippen LogP contribution in [-0.2, 0) is 6.54 Å². The zero-order valence-corrected chi connectivity index (χ0v) is 16.7. The van der Waals surface area contributed by atoms with Gasteiger partial charge in [0.15, 0.2) is 0 Å². The highest BCUT2D eigenvalue weighted by Gasteiger charge is 2.20. The Hall–Kier alpha value is -1.95. The van der Waals surface area contributed by atoms with Crippen molar-refractivity contribution in [2.24, 2.45) is 5.92 Å². The van der Waals surface area contributed by atoms with E-state index in [2.05, 4.69) is 43.3 Å². The Morgan fingerprint density at radius 1 is 1.07 bits per heavy atom. The number of nitrogens with zero attached hydrogens (tertiary/aromatic N) is 6. The Bertz CT molecular complexity index is 719. The molecule has 0 spiro atoms. The van der Waals surface area contributed by atoms with E-state index >= 15 is 0 Å². The summed E-state index contributed by atoms with van der Waals surface area (Å²) in [6.07, 6.45) is 15.8. The lowest BCUT2D eigenvalue weighted by Crippen LogP contribution is -2.35. The van der Waals surface area contributed by atoms with E-state index in [9.17, 15) is 0 Å². The zero-order valence-electron chi connectivity index (χ0n) is 16.7. The smallest absolute Gasteiger partial charge is 0.225 e. The van der Waals surface area contributed by atoms with E-state index in [0.717, 1.165) is 55.3 Å². The van der Waals surface area contributed by atoms with Crippen molar-refractivity contribution in [1.29, 1.82) is 0 Å². The van der Waals surface area contributed by atoms with E-state index in [1.807, 2.05) is 24.9 Å². The summed E-state index contributed by atoms with van der Waals surface area (Å²) in [6, 6.07) is 0.756. The number of imidazole rings is 1. The van der Waals surface area contributed by atoms with Crippen LogP contribution in [0.1, 0.15) is 45.4 Å². The molecule has 4 rings (SSSR count). The van der Waals surface area contributed by atoms with Crippen LogP contribution in [0, 0.1) is 5.92 Å². The predicted octanol–water partition coefficient (Wildman–Crippen LogP) is 3.45. The minimum Gasteiger partial charge on any atom is -0.341 e. The summed E-state index contributed by atoms with van der Waals surface area (Å²) < 4.78 is 2.23. The molecule has 6 nitrogen and oxygen atoms in total. The number of likely N-dealkylation sites (N-methyl/N-ethyl adjacent to an activating group) is 1. The number of rotatable bonds is 6. The molecule has 0 N–H and O–H groups in total. The first-order valence-electron chi connectivity index (χ1n) is 10.5. The Kier molecular flexibility index (Phi) is 5.72. The molecule has 0 amide bonds. The highest BCUT2D eigenvalue weighted by atomic mass is 15.3. The Labute approximate surface area is 162 Å². The highest BCUT2D eigenvalue weighted by Crippen LogP contribution is 2.24. The summed E-state index contributed by atoms with van der Waals surface area (Å²) in [6.45, 7) is 6.44. The van der Waals surface area contributed by atoms with Crippen molar-refractivity contribution in [3.63, 3.8) is 0 Å². The van der Waals surface area contributed by atoms with Crippen LogP contribution in [0.3, 0.4) is 0 Å². The van der Waals surface area contributed by atoms with Gasteiger partial charge < -0.3 is 14.4 Å². The van der Waals surface area contributed by atoms with Crippen LogP contribution in [-0.4, -0.2) is 57.1 Å². The lowest BCUT2D eigenvalue weighted by Gasteiger charge is -2.30. The van der Waals surface area contributed by atoms with Crippen molar-refractivity contribution in [2.45, 2.75) is 58.0 Å². The normalized spacial score (nSPS) is 21.3. The van der Waals surface area contributed by atoms with E-state index in [-0.39, 0.29) is 0 Å². The molecule has 146 valence electrons. The quantitative estimate of drug-likeness (QED) is 0.782. The third-order valence-electron chi connectivity index (χ3n) is 6.23. The van der Waals surface area contributed by atoms with Crippen molar-refractivity contribution in [2.75, 3.05) is 31.6 Å². The number of hydrogen-bond acceptors (Lipinski definition) is 5. The van der Waals surface area contributed by atoms with Gasteiger partial charge in [0.05, 0.1) is 18.2 Å². The summed E-state index contributed by atoms with van der Waals surface area (Å²) in [5, 5.41) is 0. The molecule has 2 aliphatic rings. The molecule has 0 aromatic carbocycles. The number of piperidine rings is 1. The second kappa shape index (κ2) is 8.38. The maximum atomic E-state index is 4.66. The van der Waals surface area contributed by atoms with E-state index in [1.165, 1.54) is 38.5 Å². The molecule has 1 atom stereocenters. The molecule has 2 aromatic heterocycles. The molecule has 1 aliphatic carbocycles. The second-order valence-corrected chi connectivity index (χ2v) is 8.36. The average Bonchev–Trinajstić information content (AvgIpc) is 3.38. The largest absolute Gasteiger partial charge is 0.341 e. The summed E-state index contributed by atoms with van der Waals surface area (Å²) in [5.41, 5.74) is 2.15. The molecule has 0 bridgehead atoms. The zero-order chi connectivity index (χ0) is 18.6. The van der Waals surface area contributed by atoms with Crippen LogP contribution in [0.5, 0.6) is 0 Å². The highest BCUT2D eigenvalue weighted by molar-refractivity contribution is 5.57. The maximum Gasteiger partial charge on any atom is 0.225 e. The molecule has 27 heavy (non-hydrogen) atoms. The van der Waals surface area contributed by atoms with E-state index < -0.39 is 0 Å². The molecule has 3 heterocycles. The van der Waals surface area contributed by atoms with Gasteiger partial charge in [0.25, 0.3) is 0 Å². The lowest BCUT2D eigenvalue weighted by atomic mass is 10.0. The number of hydrogen-bond donors (Lipinski definition) is 0. The van der Waals surface area contributed by atoms with Gasteiger partial charge in [-0.2, -0.15) is 0 Å². The fraction of sp³-hybridized carbons (Fsp3) is 0.667. The lowest BCUT2D eigenvalue weighted by molar-refractivity contribution is 0.237. The fourth-order valence-corrected chi connectivity index (χ4v) is 4.52. The average molecular weight is 369 g/mol. The van der Waals surface area contributed by atoms with Crippen LogP contribution < -0.4 is 4.90 Å². The van der Waals surface area contributed by atoms with Gasteiger partial charge in [-0.15, -0.1) is 0 Å². The van der Waals surface area contributed by atoms with Gasteiger partial charge in [0.2, 0.25) is 5.95 Å². The standard InChI is InChI=1S/C21H32N6/c1-17-6-5-9-26(15-17)21-23-12-18(13-24-21)20-14-22-16-27(20)11-10-25(2)19-7-3-4-8-19/h12-14,16-17,19H,3-11,15H2,1-2H3. The molecule has 1 saturated carbocycles. The molecule has 1 unspecified atom stereocenters. The maximum absolute atomic E-state index is 4.66. The van der Waals surface area contributed by atoms with Crippen LogP contribution >= 0.6 is 0 Å². The third kappa shape index (κ3) is 4.32. The molecule has 2 aromatic rings. The number of aromatic nitrogens is 4. The summed E-state index contributed by atoms with van der Waals surface area (Å²) >= 11 is 0. The van der Waals surface area contributed by atoms with Crippen molar-refractivity contribution < 1.29 is 0 Å². The van der Waals surface area contributed by atoms with Crippen LogP contribution in [0.15, 0.2) is 24.9 Å². The first-order valence-corrected chi connectivity index (χ1v) is 10.5. The van der Waals surface area contributed by atoms with Gasteiger partial charge in [-0.05, 0) is 38.6 Å². The monoisotopic (exact) mass is 368 g/mol. The fourth-order valence-electron chi connectivity index (χ4n) is 4.52. The SMILES string of the molecule is CC1CCCN(c2ncc(-c3cncn3CCN(C)C3CCCC3)cn2)C1. The summed E-state index contributed by atoms with van der Waals surface area (Å²) in [7, 11) is 2.25. The first kappa shape index (κ1) is 18.4. The third-order valence-corrected chi connectivity index (χ3v) is 6.23. The minimum atomic E-state index is 0.723. The molecule has 2 fully saturated rings. The minimum absolute atomic E-state index is 0.723. The van der Waals surface area contributed by atoms with Gasteiger partial charge in [-0.25, -0.2) is 15.0 Å². The summed E-state index contributed by atoms with van der Waals surface area (Å²) in [5.74, 6) is 1.58. The van der Waals surface area contributed by atoms with Crippen LogP contribution in [0.4, 0.5) is 5.95 Å². The molecular formula is C21H32N6. The Morgan fingerprint density at radius 2 is 1.85 bits per heavy atom. The summed E-state index contributed by atoms with van der Waals surface area (Å²) in [4.78, 5) is 18.5. The van der Waals surface area contributed by atoms with Crippen molar-refractivity contribution in [3.8, 4) is 11.3 Å². The van der Waals surface area contributed by atoms with Gasteiger partial charge in [0.1, 0.15) is 0 Å². The Morgan fingerprint density at radius 3 is 2.59 bits per heavy atom. The molecule has 6 heteroatoms. The molecule has 1 saturated heterocycles. The van der Waals surface area contributed by atoms with E-state index in [4.69, 9.17) is 0 Å². The van der Waals surface area contributed by atoms with E-state index in [1.54, 1.807) is 0 Å². The number of anilines is 1. The van der Waals surface area contributed by atoms with E-state index in [0.29, 0.717) is 0 Å². The molecule has 0 radical (unpaired) electrons. The van der Waals surface area contributed by atoms with Crippen molar-refractivity contribution >= 4 is 5.95 Å². The van der Waals surface area contributed by atoms with Crippen molar-refractivity contribution in [1.82, 2.24) is 24.4 Å². The van der Waals surface area contributed by atoms with Crippen LogP contribution in [0.2, 0.25) is 0 Å². The molecular weight excluding hydrogens is 336 g/mol. The topological polar surface area (TPSA) is 50.1 Å². The molecule has 1 aliphatic heterocycles. The van der Waals surface area contributed by atoms with Crippen molar-refractivity contribution in [3.05, 3.63) is 24.9 Å². The second-order valence-electron chi connectivity index (χ2n) is 8.36. The van der Waals surface area contributed by atoms with Gasteiger partial charge in [-0.3, -0.25) is 0 Å².